The van der Waals surface area contributed by atoms with E-state index in [2.05, 4.69) is 9.89 Å². The molecule has 10 heteroatoms. The second-order valence-corrected chi connectivity index (χ2v) is 10.9. The van der Waals surface area contributed by atoms with Gasteiger partial charge in [0.05, 0.1) is 17.5 Å². The molecule has 0 fully saturated rings. The van der Waals surface area contributed by atoms with Crippen LogP contribution in [0.3, 0.4) is 0 Å². The number of hydrogen-bond acceptors (Lipinski definition) is 6. The first-order valence-corrected chi connectivity index (χ1v) is 12.8. The molecule has 0 radical (unpaired) electrons. The zero-order valence-electron chi connectivity index (χ0n) is 19.9. The first-order valence-electron chi connectivity index (χ1n) is 11.4. The number of amides is 2. The van der Waals surface area contributed by atoms with Crippen LogP contribution in [0.15, 0.2) is 58.4 Å². The monoisotopic (exact) mass is 484 g/mol. The largest absolute Gasteiger partial charge is 0.369 e. The maximum atomic E-state index is 13.4. The van der Waals surface area contributed by atoms with Crippen LogP contribution in [0.2, 0.25) is 0 Å². The summed E-state index contributed by atoms with van der Waals surface area (Å²) >= 11 is 0. The van der Waals surface area contributed by atoms with E-state index in [1.807, 2.05) is 44.4 Å². The van der Waals surface area contributed by atoms with Gasteiger partial charge in [-0.1, -0.05) is 30.3 Å². The van der Waals surface area contributed by atoms with Crippen molar-refractivity contribution in [2.24, 2.45) is 10.7 Å². The number of sulfonamides is 1. The summed E-state index contributed by atoms with van der Waals surface area (Å²) in [5, 5.41) is 0. The van der Waals surface area contributed by atoms with Gasteiger partial charge in [-0.2, -0.15) is 0 Å². The molecule has 0 aromatic heterocycles. The van der Waals surface area contributed by atoms with Gasteiger partial charge in [0, 0.05) is 25.8 Å². The van der Waals surface area contributed by atoms with Gasteiger partial charge in [0.25, 0.3) is 10.0 Å². The van der Waals surface area contributed by atoms with E-state index in [0.717, 1.165) is 29.8 Å². The molecule has 0 aliphatic carbocycles. The molecule has 2 aromatic carbocycles. The average Bonchev–Trinajstić information content (AvgIpc) is 3.42. The van der Waals surface area contributed by atoms with Gasteiger partial charge < -0.3 is 15.5 Å². The number of anilines is 1. The summed E-state index contributed by atoms with van der Waals surface area (Å²) < 4.78 is 28.0. The molecule has 0 spiro atoms. The number of guanidine groups is 1. The highest BCUT2D eigenvalue weighted by atomic mass is 32.2. The van der Waals surface area contributed by atoms with E-state index in [4.69, 9.17) is 5.73 Å². The molecule has 2 amide bonds. The predicted molar refractivity (Wildman–Crippen MR) is 133 cm³/mol. The minimum absolute atomic E-state index is 0.00879. The lowest BCUT2D eigenvalue weighted by atomic mass is 10.1. The minimum Gasteiger partial charge on any atom is -0.369 e. The van der Waals surface area contributed by atoms with Crippen LogP contribution in [-0.4, -0.2) is 81.8 Å². The number of benzene rings is 2. The smallest absolute Gasteiger partial charge is 0.324 e. The van der Waals surface area contributed by atoms with Gasteiger partial charge >= 0.3 is 6.03 Å². The molecule has 0 saturated heterocycles. The number of carbonyl (C=O) groups excluding carboxylic acids is 1. The Hall–Kier alpha value is -3.11. The lowest BCUT2D eigenvalue weighted by Crippen LogP contribution is -2.41. The molecule has 2 N–H and O–H groups in total. The molecule has 0 bridgehead atoms. The van der Waals surface area contributed by atoms with Crippen molar-refractivity contribution in [2.75, 3.05) is 52.2 Å². The van der Waals surface area contributed by atoms with E-state index in [0.29, 0.717) is 19.5 Å². The number of nitrogens with zero attached hydrogens (tertiary/aromatic N) is 5. The number of carbonyl (C=O) groups is 1. The van der Waals surface area contributed by atoms with Gasteiger partial charge in [-0.3, -0.25) is 4.90 Å². The number of nitrogens with two attached hydrogens (primary N) is 1. The van der Waals surface area contributed by atoms with Crippen molar-refractivity contribution in [3.05, 3.63) is 59.7 Å². The van der Waals surface area contributed by atoms with Crippen molar-refractivity contribution in [1.82, 2.24) is 14.1 Å². The molecular formula is C24H32N6O3S. The Morgan fingerprint density at radius 2 is 1.85 bits per heavy atom. The SMILES string of the molecule is CN(C)CCCN(C)C(=O)N1CCc2cc(S(=O)(=O)N3C[C@H](c4ccccc4)N=C3N)ccc21. The van der Waals surface area contributed by atoms with Gasteiger partial charge in [0.1, 0.15) is 0 Å². The van der Waals surface area contributed by atoms with Crippen LogP contribution < -0.4 is 10.6 Å². The Morgan fingerprint density at radius 1 is 1.12 bits per heavy atom. The predicted octanol–water partition coefficient (Wildman–Crippen LogP) is 2.11. The van der Waals surface area contributed by atoms with E-state index in [-0.39, 0.29) is 29.5 Å². The third kappa shape index (κ3) is 4.74. The highest BCUT2D eigenvalue weighted by Crippen LogP contribution is 2.33. The number of hydrogen-bond donors (Lipinski definition) is 1. The zero-order valence-corrected chi connectivity index (χ0v) is 20.7. The van der Waals surface area contributed by atoms with Crippen molar-refractivity contribution in [1.29, 1.82) is 0 Å². The van der Waals surface area contributed by atoms with Crippen LogP contribution in [0.4, 0.5) is 10.5 Å². The van der Waals surface area contributed by atoms with Crippen molar-refractivity contribution in [2.45, 2.75) is 23.8 Å². The van der Waals surface area contributed by atoms with E-state index < -0.39 is 10.0 Å². The number of rotatable bonds is 7. The molecule has 2 aliphatic rings. The fourth-order valence-electron chi connectivity index (χ4n) is 4.38. The molecule has 1 atom stereocenters. The second kappa shape index (κ2) is 9.63. The molecule has 0 saturated carbocycles. The third-order valence-electron chi connectivity index (χ3n) is 6.26. The van der Waals surface area contributed by atoms with Crippen molar-refractivity contribution in [3.63, 3.8) is 0 Å². The number of aliphatic imine (C=N–C) groups is 1. The molecule has 182 valence electrons. The Kier molecular flexibility index (Phi) is 6.81. The molecule has 34 heavy (non-hydrogen) atoms. The fraction of sp³-hybridized carbons (Fsp3) is 0.417. The van der Waals surface area contributed by atoms with E-state index in [1.54, 1.807) is 35.0 Å². The quantitative estimate of drug-likeness (QED) is 0.649. The lowest BCUT2D eigenvalue weighted by molar-refractivity contribution is 0.213. The van der Waals surface area contributed by atoms with Crippen LogP contribution in [0, 0.1) is 0 Å². The van der Waals surface area contributed by atoms with Gasteiger partial charge in [-0.05, 0) is 62.8 Å². The molecule has 2 aliphatic heterocycles. The van der Waals surface area contributed by atoms with Crippen LogP contribution >= 0.6 is 0 Å². The maximum absolute atomic E-state index is 13.4. The number of fused-ring (bicyclic) bond motifs is 1. The van der Waals surface area contributed by atoms with Gasteiger partial charge in [-0.15, -0.1) is 0 Å². The standard InChI is InChI=1S/C24H32N6O3S/c1-27(2)13-7-14-28(3)24(31)29-15-12-19-16-20(10-11-22(19)29)34(32,33)30-17-21(26-23(30)25)18-8-5-4-6-9-18/h4-6,8-11,16,21H,7,12-15,17H2,1-3H3,(H2,25,26)/t21-/m1/s1. The van der Waals surface area contributed by atoms with Gasteiger partial charge in [0.2, 0.25) is 5.96 Å². The molecular weight excluding hydrogens is 452 g/mol. The topological polar surface area (TPSA) is 103 Å². The Bertz CT molecular complexity index is 1180. The number of urea groups is 1. The molecule has 4 rings (SSSR count). The highest BCUT2D eigenvalue weighted by molar-refractivity contribution is 7.89. The molecule has 0 unspecified atom stereocenters. The summed E-state index contributed by atoms with van der Waals surface area (Å²) in [6, 6.07) is 14.0. The summed E-state index contributed by atoms with van der Waals surface area (Å²) in [7, 11) is 1.95. The van der Waals surface area contributed by atoms with Gasteiger partial charge in [0.15, 0.2) is 0 Å². The van der Waals surface area contributed by atoms with E-state index in [9.17, 15) is 13.2 Å². The Morgan fingerprint density at radius 3 is 2.56 bits per heavy atom. The van der Waals surface area contributed by atoms with Gasteiger partial charge in [-0.25, -0.2) is 22.5 Å². The summed E-state index contributed by atoms with van der Waals surface area (Å²) in [6.07, 6.45) is 1.49. The molecule has 2 heterocycles. The minimum atomic E-state index is -3.87. The Balaban J connectivity index is 1.49. The highest BCUT2D eigenvalue weighted by Gasteiger charge is 2.36. The van der Waals surface area contributed by atoms with Crippen LogP contribution in [-0.2, 0) is 16.4 Å². The van der Waals surface area contributed by atoms with Crippen molar-refractivity contribution in [3.8, 4) is 0 Å². The average molecular weight is 485 g/mol. The van der Waals surface area contributed by atoms with Crippen LogP contribution in [0.25, 0.3) is 0 Å². The summed E-state index contributed by atoms with van der Waals surface area (Å²) in [6.45, 7) is 2.26. The summed E-state index contributed by atoms with van der Waals surface area (Å²) in [5.74, 6) is -0.00879. The van der Waals surface area contributed by atoms with Crippen molar-refractivity contribution >= 4 is 27.7 Å². The fourth-order valence-corrected chi connectivity index (χ4v) is 5.80. The first-order chi connectivity index (χ1) is 16.2. The van der Waals surface area contributed by atoms with Crippen LogP contribution in [0.1, 0.15) is 23.6 Å². The van der Waals surface area contributed by atoms with Crippen LogP contribution in [0.5, 0.6) is 0 Å². The summed E-state index contributed by atoms with van der Waals surface area (Å²) in [4.78, 5) is 23.0. The normalized spacial score (nSPS) is 17.8. The maximum Gasteiger partial charge on any atom is 0.324 e. The Labute approximate surface area is 201 Å². The first kappa shape index (κ1) is 24.0. The second-order valence-electron chi connectivity index (χ2n) is 9.00. The zero-order chi connectivity index (χ0) is 24.5. The van der Waals surface area contributed by atoms with E-state index >= 15 is 0 Å². The molecule has 2 aromatic rings. The third-order valence-corrected chi connectivity index (χ3v) is 8.02. The lowest BCUT2D eigenvalue weighted by Gasteiger charge is -2.26. The van der Waals surface area contributed by atoms with E-state index in [1.165, 1.54) is 4.31 Å². The van der Waals surface area contributed by atoms with Crippen molar-refractivity contribution < 1.29 is 13.2 Å². The molecule has 9 nitrogen and oxygen atoms in total. The summed E-state index contributed by atoms with van der Waals surface area (Å²) in [5.41, 5.74) is 8.55.